The van der Waals surface area contributed by atoms with Gasteiger partial charge in [-0.1, -0.05) is 45.4 Å². The molecule has 1 aromatic carbocycles. The zero-order valence-corrected chi connectivity index (χ0v) is 12.8. The van der Waals surface area contributed by atoms with Gasteiger partial charge in [0.25, 0.3) is 0 Å². The molecule has 1 N–H and O–H groups in total. The summed E-state index contributed by atoms with van der Waals surface area (Å²) in [6, 6.07) is 8.92. The van der Waals surface area contributed by atoms with E-state index in [1.165, 1.54) is 5.56 Å². The lowest BCUT2D eigenvalue weighted by atomic mass is 9.89. The molecule has 1 aromatic rings. The van der Waals surface area contributed by atoms with Gasteiger partial charge in [0, 0.05) is 6.04 Å². The molecule has 0 unspecified atom stereocenters. The summed E-state index contributed by atoms with van der Waals surface area (Å²) in [5, 5.41) is 3.25. The SMILES string of the molecule is CC.CC.CNC1CC(Oc2ccc(C)cc2)C1. The van der Waals surface area contributed by atoms with E-state index in [0.717, 1.165) is 18.6 Å². The molecular weight excluding hydrogens is 222 g/mol. The van der Waals surface area contributed by atoms with Crippen LogP contribution < -0.4 is 10.1 Å². The van der Waals surface area contributed by atoms with Crippen LogP contribution in [0.15, 0.2) is 24.3 Å². The van der Waals surface area contributed by atoms with Crippen molar-refractivity contribution in [3.8, 4) is 5.75 Å². The summed E-state index contributed by atoms with van der Waals surface area (Å²) in [5.41, 5.74) is 1.28. The highest BCUT2D eigenvalue weighted by Crippen LogP contribution is 2.25. The Hall–Kier alpha value is -1.02. The lowest BCUT2D eigenvalue weighted by Gasteiger charge is -2.35. The van der Waals surface area contributed by atoms with E-state index in [1.807, 2.05) is 46.9 Å². The third-order valence-electron chi connectivity index (χ3n) is 2.83. The summed E-state index contributed by atoms with van der Waals surface area (Å²) in [6.07, 6.45) is 2.67. The molecule has 0 spiro atoms. The predicted octanol–water partition coefficient (Wildman–Crippen LogP) is 4.18. The average molecular weight is 251 g/mol. The second-order valence-electron chi connectivity index (χ2n) is 4.01. The van der Waals surface area contributed by atoms with Crippen LogP contribution in [0.25, 0.3) is 0 Å². The van der Waals surface area contributed by atoms with Crippen LogP contribution in [0, 0.1) is 6.92 Å². The van der Waals surface area contributed by atoms with Crippen LogP contribution in [0.5, 0.6) is 5.75 Å². The quantitative estimate of drug-likeness (QED) is 0.870. The predicted molar refractivity (Wildman–Crippen MR) is 80.4 cm³/mol. The average Bonchev–Trinajstić information content (AvgIpc) is 2.40. The summed E-state index contributed by atoms with van der Waals surface area (Å²) in [7, 11) is 2.01. The summed E-state index contributed by atoms with van der Waals surface area (Å²) in [4.78, 5) is 0. The number of aryl methyl sites for hydroxylation is 1. The molecule has 0 aromatic heterocycles. The third-order valence-corrected chi connectivity index (χ3v) is 2.83. The van der Waals surface area contributed by atoms with Gasteiger partial charge < -0.3 is 10.1 Å². The van der Waals surface area contributed by atoms with Crippen molar-refractivity contribution in [1.82, 2.24) is 5.32 Å². The van der Waals surface area contributed by atoms with Crippen molar-refractivity contribution in [3.63, 3.8) is 0 Å². The first-order valence-corrected chi connectivity index (χ1v) is 7.18. The van der Waals surface area contributed by atoms with Crippen LogP contribution in [0.2, 0.25) is 0 Å². The van der Waals surface area contributed by atoms with E-state index in [1.54, 1.807) is 0 Å². The van der Waals surface area contributed by atoms with Crippen LogP contribution in [-0.4, -0.2) is 19.2 Å². The monoisotopic (exact) mass is 251 g/mol. The molecule has 0 amide bonds. The Morgan fingerprint density at radius 3 is 1.94 bits per heavy atom. The second-order valence-corrected chi connectivity index (χ2v) is 4.01. The van der Waals surface area contributed by atoms with Crippen molar-refractivity contribution >= 4 is 0 Å². The van der Waals surface area contributed by atoms with Crippen molar-refractivity contribution in [3.05, 3.63) is 29.8 Å². The molecule has 0 saturated heterocycles. The van der Waals surface area contributed by atoms with Gasteiger partial charge in [-0.2, -0.15) is 0 Å². The number of nitrogens with one attached hydrogen (secondary N) is 1. The summed E-state index contributed by atoms with van der Waals surface area (Å²) >= 11 is 0. The van der Waals surface area contributed by atoms with Crippen molar-refractivity contribution in [2.24, 2.45) is 0 Å². The van der Waals surface area contributed by atoms with E-state index in [4.69, 9.17) is 4.74 Å². The Labute approximate surface area is 113 Å². The van der Waals surface area contributed by atoms with Crippen molar-refractivity contribution in [1.29, 1.82) is 0 Å². The van der Waals surface area contributed by atoms with E-state index in [-0.39, 0.29) is 0 Å². The Kier molecular flexibility index (Phi) is 9.39. The van der Waals surface area contributed by atoms with E-state index >= 15 is 0 Å². The van der Waals surface area contributed by atoms with Crippen LogP contribution in [0.4, 0.5) is 0 Å². The smallest absolute Gasteiger partial charge is 0.119 e. The first-order chi connectivity index (χ1) is 8.78. The molecule has 0 radical (unpaired) electrons. The highest BCUT2D eigenvalue weighted by Gasteiger charge is 2.29. The molecule has 0 aliphatic heterocycles. The Balaban J connectivity index is 0.000000659. The fourth-order valence-corrected chi connectivity index (χ4v) is 1.71. The Morgan fingerprint density at radius 1 is 1.00 bits per heavy atom. The molecule has 2 rings (SSSR count). The first-order valence-electron chi connectivity index (χ1n) is 7.18. The molecular formula is C16H29NO. The Bertz CT molecular complexity index is 288. The summed E-state index contributed by atoms with van der Waals surface area (Å²) in [6.45, 7) is 10.1. The van der Waals surface area contributed by atoms with Crippen LogP contribution in [-0.2, 0) is 0 Å². The fourth-order valence-electron chi connectivity index (χ4n) is 1.71. The zero-order valence-electron chi connectivity index (χ0n) is 12.8. The number of hydrogen-bond acceptors (Lipinski definition) is 2. The second kappa shape index (κ2) is 9.95. The van der Waals surface area contributed by atoms with Gasteiger partial charge in [-0.15, -0.1) is 0 Å². The van der Waals surface area contributed by atoms with Gasteiger partial charge in [-0.3, -0.25) is 0 Å². The molecule has 1 aliphatic rings. The molecule has 1 aliphatic carbocycles. The van der Waals surface area contributed by atoms with Crippen molar-refractivity contribution in [2.45, 2.75) is 59.6 Å². The Morgan fingerprint density at radius 2 is 1.50 bits per heavy atom. The summed E-state index contributed by atoms with van der Waals surface area (Å²) < 4.78 is 5.80. The van der Waals surface area contributed by atoms with Gasteiger partial charge >= 0.3 is 0 Å². The van der Waals surface area contributed by atoms with E-state index < -0.39 is 0 Å². The topological polar surface area (TPSA) is 21.3 Å². The van der Waals surface area contributed by atoms with Gasteiger partial charge in [0.05, 0.1) is 0 Å². The van der Waals surface area contributed by atoms with E-state index in [2.05, 4.69) is 24.4 Å². The van der Waals surface area contributed by atoms with Gasteiger partial charge in [0.2, 0.25) is 0 Å². The zero-order chi connectivity index (χ0) is 14.0. The van der Waals surface area contributed by atoms with Gasteiger partial charge in [0.1, 0.15) is 11.9 Å². The molecule has 2 heteroatoms. The first kappa shape index (κ1) is 17.0. The standard InChI is InChI=1S/C12H17NO.2C2H6/c1-9-3-5-11(6-4-9)14-12-7-10(8-12)13-2;2*1-2/h3-6,10,12-13H,7-8H2,1-2H3;2*1-2H3. The highest BCUT2D eigenvalue weighted by molar-refractivity contribution is 5.26. The van der Waals surface area contributed by atoms with Crippen molar-refractivity contribution < 1.29 is 4.74 Å². The van der Waals surface area contributed by atoms with Crippen molar-refractivity contribution in [2.75, 3.05) is 7.05 Å². The molecule has 0 atom stereocenters. The molecule has 1 saturated carbocycles. The van der Waals surface area contributed by atoms with Gasteiger partial charge in [-0.25, -0.2) is 0 Å². The highest BCUT2D eigenvalue weighted by atomic mass is 16.5. The van der Waals surface area contributed by atoms with E-state index in [9.17, 15) is 0 Å². The molecule has 2 nitrogen and oxygen atoms in total. The van der Waals surface area contributed by atoms with Gasteiger partial charge in [-0.05, 0) is 38.9 Å². The number of benzene rings is 1. The summed E-state index contributed by atoms with van der Waals surface area (Å²) in [5.74, 6) is 0.996. The van der Waals surface area contributed by atoms with Crippen LogP contribution in [0.1, 0.15) is 46.1 Å². The minimum atomic E-state index is 0.412. The largest absolute Gasteiger partial charge is 0.490 e. The number of rotatable bonds is 3. The minimum Gasteiger partial charge on any atom is -0.490 e. The third kappa shape index (κ3) is 5.54. The maximum Gasteiger partial charge on any atom is 0.119 e. The molecule has 104 valence electrons. The molecule has 18 heavy (non-hydrogen) atoms. The molecule has 0 bridgehead atoms. The lowest BCUT2D eigenvalue weighted by Crippen LogP contribution is -2.45. The van der Waals surface area contributed by atoms with Crippen LogP contribution >= 0.6 is 0 Å². The fraction of sp³-hybridized carbons (Fsp3) is 0.625. The lowest BCUT2D eigenvalue weighted by molar-refractivity contribution is 0.0885. The molecule has 1 fully saturated rings. The number of hydrogen-bond donors (Lipinski definition) is 1. The normalized spacial score (nSPS) is 20.6. The minimum absolute atomic E-state index is 0.412. The molecule has 0 heterocycles. The van der Waals surface area contributed by atoms with Crippen LogP contribution in [0.3, 0.4) is 0 Å². The maximum absolute atomic E-state index is 5.80. The number of ether oxygens (including phenoxy) is 1. The van der Waals surface area contributed by atoms with Gasteiger partial charge in [0.15, 0.2) is 0 Å². The van der Waals surface area contributed by atoms with E-state index in [0.29, 0.717) is 12.1 Å². The maximum atomic E-state index is 5.80.